The van der Waals surface area contributed by atoms with Gasteiger partial charge in [0.1, 0.15) is 5.69 Å². The van der Waals surface area contributed by atoms with Crippen molar-refractivity contribution in [1.29, 1.82) is 0 Å². The summed E-state index contributed by atoms with van der Waals surface area (Å²) >= 11 is 0. The maximum absolute atomic E-state index is 11.0. The number of para-hydroxylation sites is 1. The Morgan fingerprint density at radius 3 is 2.71 bits per heavy atom. The van der Waals surface area contributed by atoms with E-state index in [1.807, 2.05) is 6.07 Å². The normalized spacial score (nSPS) is 16.9. The van der Waals surface area contributed by atoms with Crippen molar-refractivity contribution in [3.8, 4) is 0 Å². The maximum Gasteiger partial charge on any atom is 0.293 e. The number of nitrogens with zero attached hydrogens (tertiary/aromatic N) is 2. The lowest BCUT2D eigenvalue weighted by Crippen LogP contribution is -2.33. The van der Waals surface area contributed by atoms with E-state index in [2.05, 4.69) is 17.2 Å². The summed E-state index contributed by atoms with van der Waals surface area (Å²) in [6, 6.07) is 5.10. The molecule has 0 saturated carbocycles. The summed E-state index contributed by atoms with van der Waals surface area (Å²) in [6.45, 7) is 5.05. The molecule has 116 valence electrons. The van der Waals surface area contributed by atoms with Gasteiger partial charge in [0.2, 0.25) is 0 Å². The van der Waals surface area contributed by atoms with Crippen LogP contribution in [0.3, 0.4) is 0 Å². The first kappa shape index (κ1) is 15.7. The van der Waals surface area contributed by atoms with Crippen molar-refractivity contribution in [3.63, 3.8) is 0 Å². The molecule has 6 heteroatoms. The van der Waals surface area contributed by atoms with Crippen LogP contribution < -0.4 is 11.3 Å². The SMILES string of the molecule is CCCC1CCN(Cc2cccc([N+](=O)[O-])c2NN)CC1. The Balaban J connectivity index is 2.04. The van der Waals surface area contributed by atoms with E-state index >= 15 is 0 Å². The summed E-state index contributed by atoms with van der Waals surface area (Å²) in [6.07, 6.45) is 4.99. The molecule has 1 fully saturated rings. The predicted molar refractivity (Wildman–Crippen MR) is 83.8 cm³/mol. The van der Waals surface area contributed by atoms with Gasteiger partial charge in [0, 0.05) is 12.6 Å². The van der Waals surface area contributed by atoms with E-state index in [0.29, 0.717) is 12.2 Å². The van der Waals surface area contributed by atoms with Crippen LogP contribution in [-0.4, -0.2) is 22.9 Å². The van der Waals surface area contributed by atoms with Gasteiger partial charge in [-0.25, -0.2) is 0 Å². The lowest BCUT2D eigenvalue weighted by atomic mass is 9.92. The number of nitrogens with one attached hydrogen (secondary N) is 1. The Morgan fingerprint density at radius 1 is 1.43 bits per heavy atom. The quantitative estimate of drug-likeness (QED) is 0.478. The lowest BCUT2D eigenvalue weighted by molar-refractivity contribution is -0.384. The highest BCUT2D eigenvalue weighted by Crippen LogP contribution is 2.30. The minimum absolute atomic E-state index is 0.0378. The number of likely N-dealkylation sites (tertiary alicyclic amines) is 1. The molecular formula is C15H24N4O2. The van der Waals surface area contributed by atoms with Crippen LogP contribution in [0.4, 0.5) is 11.4 Å². The molecule has 1 saturated heterocycles. The zero-order valence-electron chi connectivity index (χ0n) is 12.5. The molecule has 0 unspecified atom stereocenters. The molecule has 2 rings (SSSR count). The summed E-state index contributed by atoms with van der Waals surface area (Å²) < 4.78 is 0. The maximum atomic E-state index is 11.0. The minimum atomic E-state index is -0.397. The van der Waals surface area contributed by atoms with E-state index < -0.39 is 4.92 Å². The Bertz CT molecular complexity index is 485. The lowest BCUT2D eigenvalue weighted by Gasteiger charge is -2.32. The molecule has 0 amide bonds. The first-order valence-electron chi connectivity index (χ1n) is 7.61. The van der Waals surface area contributed by atoms with Gasteiger partial charge < -0.3 is 5.43 Å². The van der Waals surface area contributed by atoms with E-state index in [-0.39, 0.29) is 5.69 Å². The van der Waals surface area contributed by atoms with Gasteiger partial charge in [-0.3, -0.25) is 20.9 Å². The van der Waals surface area contributed by atoms with E-state index in [0.717, 1.165) is 24.6 Å². The number of nitrogens with two attached hydrogens (primary N) is 1. The molecule has 1 aliphatic rings. The molecule has 0 spiro atoms. The zero-order chi connectivity index (χ0) is 15.2. The molecule has 1 aliphatic heterocycles. The molecule has 6 nitrogen and oxygen atoms in total. The third kappa shape index (κ3) is 3.92. The van der Waals surface area contributed by atoms with Gasteiger partial charge in [-0.2, -0.15) is 0 Å². The number of anilines is 1. The third-order valence-electron chi connectivity index (χ3n) is 4.27. The zero-order valence-corrected chi connectivity index (χ0v) is 12.5. The average Bonchev–Trinajstić information content (AvgIpc) is 2.49. The Kier molecular flexibility index (Phi) is 5.52. The molecule has 0 bridgehead atoms. The fraction of sp³-hybridized carbons (Fsp3) is 0.600. The number of hydrazine groups is 1. The second-order valence-corrected chi connectivity index (χ2v) is 5.72. The van der Waals surface area contributed by atoms with E-state index in [9.17, 15) is 10.1 Å². The molecule has 1 aromatic carbocycles. The monoisotopic (exact) mass is 292 g/mol. The van der Waals surface area contributed by atoms with Crippen LogP contribution in [0.5, 0.6) is 0 Å². The number of rotatable bonds is 6. The fourth-order valence-corrected chi connectivity index (χ4v) is 3.12. The highest BCUT2D eigenvalue weighted by Gasteiger charge is 2.22. The molecule has 0 radical (unpaired) electrons. The summed E-state index contributed by atoms with van der Waals surface area (Å²) in [5.41, 5.74) is 3.85. The van der Waals surface area contributed by atoms with Crippen molar-refractivity contribution in [1.82, 2.24) is 4.90 Å². The van der Waals surface area contributed by atoms with Gasteiger partial charge in [-0.15, -0.1) is 0 Å². The van der Waals surface area contributed by atoms with Crippen LogP contribution in [0, 0.1) is 16.0 Å². The van der Waals surface area contributed by atoms with Crippen molar-refractivity contribution in [3.05, 3.63) is 33.9 Å². The van der Waals surface area contributed by atoms with Gasteiger partial charge >= 0.3 is 0 Å². The van der Waals surface area contributed by atoms with Crippen molar-refractivity contribution in [2.24, 2.45) is 11.8 Å². The second kappa shape index (κ2) is 7.38. The van der Waals surface area contributed by atoms with Gasteiger partial charge in [0.05, 0.1) is 4.92 Å². The molecule has 0 aliphatic carbocycles. The number of piperidine rings is 1. The van der Waals surface area contributed by atoms with Gasteiger partial charge in [-0.05, 0) is 37.4 Å². The summed E-state index contributed by atoms with van der Waals surface area (Å²) in [5, 5.41) is 11.0. The second-order valence-electron chi connectivity index (χ2n) is 5.72. The Morgan fingerprint density at radius 2 is 2.14 bits per heavy atom. The summed E-state index contributed by atoms with van der Waals surface area (Å²) in [7, 11) is 0. The first-order chi connectivity index (χ1) is 10.2. The molecule has 0 atom stereocenters. The number of hydrogen-bond donors (Lipinski definition) is 2. The fourth-order valence-electron chi connectivity index (χ4n) is 3.12. The Labute approximate surface area is 125 Å². The van der Waals surface area contributed by atoms with Crippen LogP contribution in [0.2, 0.25) is 0 Å². The number of nitrogen functional groups attached to an aromatic ring is 1. The van der Waals surface area contributed by atoms with E-state index in [1.165, 1.54) is 31.7 Å². The third-order valence-corrected chi connectivity index (χ3v) is 4.27. The number of benzene rings is 1. The standard InChI is InChI=1S/C15H24N4O2/c1-2-4-12-7-9-18(10-8-12)11-13-5-3-6-14(19(20)21)15(13)17-16/h3,5-6,12,17H,2,4,7-11,16H2,1H3. The largest absolute Gasteiger partial charge is 0.318 e. The molecule has 1 aromatic rings. The van der Waals surface area contributed by atoms with Crippen molar-refractivity contribution in [2.75, 3.05) is 18.5 Å². The highest BCUT2D eigenvalue weighted by molar-refractivity contribution is 5.65. The van der Waals surface area contributed by atoms with Gasteiger partial charge in [0.15, 0.2) is 0 Å². The molecule has 21 heavy (non-hydrogen) atoms. The molecule has 0 aromatic heterocycles. The predicted octanol–water partition coefficient (Wildman–Crippen LogP) is 2.89. The number of nitro benzene ring substituents is 1. The Hall–Kier alpha value is -1.66. The van der Waals surface area contributed by atoms with Gasteiger partial charge in [0.25, 0.3) is 5.69 Å². The van der Waals surface area contributed by atoms with E-state index in [4.69, 9.17) is 5.84 Å². The minimum Gasteiger partial charge on any atom is -0.318 e. The van der Waals surface area contributed by atoms with Crippen LogP contribution >= 0.6 is 0 Å². The van der Waals surface area contributed by atoms with Crippen LogP contribution in [0.25, 0.3) is 0 Å². The smallest absolute Gasteiger partial charge is 0.293 e. The first-order valence-corrected chi connectivity index (χ1v) is 7.61. The van der Waals surface area contributed by atoms with Gasteiger partial charge in [-0.1, -0.05) is 31.9 Å². The molecule has 1 heterocycles. The topological polar surface area (TPSA) is 84.4 Å². The highest BCUT2D eigenvalue weighted by atomic mass is 16.6. The molecule has 3 N–H and O–H groups in total. The van der Waals surface area contributed by atoms with E-state index in [1.54, 1.807) is 6.07 Å². The number of hydrogen-bond acceptors (Lipinski definition) is 5. The van der Waals surface area contributed by atoms with Crippen LogP contribution in [-0.2, 0) is 6.54 Å². The summed E-state index contributed by atoms with van der Waals surface area (Å²) in [4.78, 5) is 13.0. The van der Waals surface area contributed by atoms with Crippen LogP contribution in [0.15, 0.2) is 18.2 Å². The van der Waals surface area contributed by atoms with Crippen molar-refractivity contribution >= 4 is 11.4 Å². The number of nitro groups is 1. The van der Waals surface area contributed by atoms with Crippen molar-refractivity contribution in [2.45, 2.75) is 39.2 Å². The summed E-state index contributed by atoms with van der Waals surface area (Å²) in [5.74, 6) is 6.32. The van der Waals surface area contributed by atoms with Crippen LogP contribution in [0.1, 0.15) is 38.2 Å². The van der Waals surface area contributed by atoms with Crippen molar-refractivity contribution < 1.29 is 4.92 Å². The molecular weight excluding hydrogens is 268 g/mol. The average molecular weight is 292 g/mol.